The maximum atomic E-state index is 5.60. The van der Waals surface area contributed by atoms with E-state index in [-0.39, 0.29) is 0 Å². The average molecular weight is 280 g/mol. The number of halogens is 1. The van der Waals surface area contributed by atoms with Crippen LogP contribution in [-0.4, -0.2) is 9.78 Å². The van der Waals surface area contributed by atoms with Gasteiger partial charge in [-0.25, -0.2) is 4.68 Å². The molecule has 1 aromatic carbocycles. The third-order valence-electron chi connectivity index (χ3n) is 2.54. The van der Waals surface area contributed by atoms with Crippen molar-refractivity contribution in [2.45, 2.75) is 20.4 Å². The molecule has 0 fully saturated rings. The van der Waals surface area contributed by atoms with Crippen LogP contribution in [0.25, 0.3) is 5.69 Å². The van der Waals surface area contributed by atoms with Crippen molar-refractivity contribution in [3.63, 3.8) is 0 Å². The molecular formula is C12H14BrN3. The molecule has 0 atom stereocenters. The van der Waals surface area contributed by atoms with Gasteiger partial charge in [0.2, 0.25) is 0 Å². The number of benzene rings is 1. The third kappa shape index (κ3) is 2.03. The lowest BCUT2D eigenvalue weighted by molar-refractivity contribution is 0.827. The van der Waals surface area contributed by atoms with Crippen LogP contribution in [0.1, 0.15) is 16.8 Å². The van der Waals surface area contributed by atoms with Crippen molar-refractivity contribution in [1.29, 1.82) is 0 Å². The topological polar surface area (TPSA) is 43.8 Å². The number of rotatable bonds is 2. The van der Waals surface area contributed by atoms with E-state index in [9.17, 15) is 0 Å². The van der Waals surface area contributed by atoms with Gasteiger partial charge in [-0.05, 0) is 47.0 Å². The van der Waals surface area contributed by atoms with Crippen LogP contribution in [0.3, 0.4) is 0 Å². The van der Waals surface area contributed by atoms with Gasteiger partial charge in [0, 0.05) is 12.7 Å². The molecule has 2 N–H and O–H groups in total. The summed E-state index contributed by atoms with van der Waals surface area (Å²) in [7, 11) is 0. The monoisotopic (exact) mass is 279 g/mol. The Morgan fingerprint density at radius 2 is 2.12 bits per heavy atom. The average Bonchev–Trinajstić information content (AvgIpc) is 2.63. The molecule has 0 aliphatic carbocycles. The van der Waals surface area contributed by atoms with E-state index in [2.05, 4.69) is 53.1 Å². The van der Waals surface area contributed by atoms with E-state index in [0.29, 0.717) is 6.54 Å². The van der Waals surface area contributed by atoms with Crippen LogP contribution in [0, 0.1) is 13.8 Å². The molecule has 0 radical (unpaired) electrons. The molecule has 1 aromatic heterocycles. The Morgan fingerprint density at radius 3 is 2.75 bits per heavy atom. The molecule has 0 amide bonds. The summed E-state index contributed by atoms with van der Waals surface area (Å²) in [5.74, 6) is 0. The molecular weight excluding hydrogens is 266 g/mol. The van der Waals surface area contributed by atoms with Crippen molar-refractivity contribution in [1.82, 2.24) is 9.78 Å². The fraction of sp³-hybridized carbons (Fsp3) is 0.250. The Kier molecular flexibility index (Phi) is 3.12. The van der Waals surface area contributed by atoms with Crippen molar-refractivity contribution in [3.05, 3.63) is 45.7 Å². The predicted octanol–water partition coefficient (Wildman–Crippen LogP) is 2.71. The number of hydrogen-bond acceptors (Lipinski definition) is 2. The fourth-order valence-corrected chi connectivity index (χ4v) is 2.05. The molecule has 84 valence electrons. The lowest BCUT2D eigenvalue weighted by Gasteiger charge is -2.06. The molecule has 0 aliphatic heterocycles. The van der Waals surface area contributed by atoms with Crippen molar-refractivity contribution in [3.8, 4) is 5.69 Å². The molecule has 4 heteroatoms. The summed E-state index contributed by atoms with van der Waals surface area (Å²) < 4.78 is 2.82. The first-order valence-electron chi connectivity index (χ1n) is 5.13. The van der Waals surface area contributed by atoms with Crippen LogP contribution in [0.15, 0.2) is 28.9 Å². The van der Waals surface area contributed by atoms with Gasteiger partial charge in [-0.3, -0.25) is 0 Å². The van der Waals surface area contributed by atoms with E-state index in [1.165, 1.54) is 11.1 Å². The van der Waals surface area contributed by atoms with Gasteiger partial charge in [0.05, 0.1) is 15.9 Å². The Hall–Kier alpha value is -1.13. The molecule has 0 saturated heterocycles. The number of nitrogens with zero attached hydrogens (tertiary/aromatic N) is 2. The van der Waals surface area contributed by atoms with Crippen LogP contribution in [-0.2, 0) is 6.54 Å². The summed E-state index contributed by atoms with van der Waals surface area (Å²) in [5.41, 5.74) is 10.00. The minimum atomic E-state index is 0.443. The van der Waals surface area contributed by atoms with Gasteiger partial charge in [0.1, 0.15) is 0 Å². The molecule has 0 aliphatic rings. The quantitative estimate of drug-likeness (QED) is 0.919. The van der Waals surface area contributed by atoms with Gasteiger partial charge >= 0.3 is 0 Å². The smallest absolute Gasteiger partial charge is 0.0906 e. The Labute approximate surface area is 103 Å². The summed E-state index contributed by atoms with van der Waals surface area (Å²) >= 11 is 3.45. The van der Waals surface area contributed by atoms with E-state index < -0.39 is 0 Å². The zero-order valence-corrected chi connectivity index (χ0v) is 11.0. The highest BCUT2D eigenvalue weighted by Gasteiger charge is 2.07. The van der Waals surface area contributed by atoms with Crippen LogP contribution in [0.5, 0.6) is 0 Å². The highest BCUT2D eigenvalue weighted by Crippen LogP contribution is 2.20. The van der Waals surface area contributed by atoms with Crippen LogP contribution in [0.4, 0.5) is 0 Å². The Morgan fingerprint density at radius 1 is 1.38 bits per heavy atom. The van der Waals surface area contributed by atoms with E-state index in [1.54, 1.807) is 0 Å². The number of aromatic nitrogens is 2. The van der Waals surface area contributed by atoms with E-state index in [4.69, 9.17) is 5.73 Å². The Balaban J connectivity index is 2.53. The lowest BCUT2D eigenvalue weighted by atomic mass is 10.1. The zero-order valence-electron chi connectivity index (χ0n) is 9.37. The molecule has 16 heavy (non-hydrogen) atoms. The number of nitrogens with two attached hydrogens (primary N) is 1. The van der Waals surface area contributed by atoms with Gasteiger partial charge in [-0.1, -0.05) is 12.1 Å². The summed E-state index contributed by atoms with van der Waals surface area (Å²) in [6.07, 6.45) is 1.95. The second-order valence-electron chi connectivity index (χ2n) is 3.86. The van der Waals surface area contributed by atoms with Crippen LogP contribution in [0.2, 0.25) is 0 Å². The van der Waals surface area contributed by atoms with Gasteiger partial charge in [-0.2, -0.15) is 5.10 Å². The Bertz CT molecular complexity index is 517. The lowest BCUT2D eigenvalue weighted by Crippen LogP contribution is -2.02. The zero-order chi connectivity index (χ0) is 11.7. The number of hydrogen-bond donors (Lipinski definition) is 1. The SMILES string of the molecule is Cc1ccc(C)c(-n2cc(Br)c(CN)n2)c1. The summed E-state index contributed by atoms with van der Waals surface area (Å²) in [5, 5.41) is 4.45. The molecule has 0 spiro atoms. The number of aryl methyl sites for hydroxylation is 2. The fourth-order valence-electron chi connectivity index (χ4n) is 1.62. The van der Waals surface area contributed by atoms with Gasteiger partial charge in [0.25, 0.3) is 0 Å². The molecule has 0 bridgehead atoms. The van der Waals surface area contributed by atoms with Gasteiger partial charge in [-0.15, -0.1) is 0 Å². The first kappa shape index (κ1) is 11.4. The van der Waals surface area contributed by atoms with Gasteiger partial charge < -0.3 is 5.73 Å². The largest absolute Gasteiger partial charge is 0.325 e. The highest BCUT2D eigenvalue weighted by atomic mass is 79.9. The third-order valence-corrected chi connectivity index (χ3v) is 3.21. The van der Waals surface area contributed by atoms with E-state index in [0.717, 1.165) is 15.9 Å². The predicted molar refractivity (Wildman–Crippen MR) is 68.6 cm³/mol. The molecule has 1 heterocycles. The van der Waals surface area contributed by atoms with Crippen LogP contribution < -0.4 is 5.73 Å². The van der Waals surface area contributed by atoms with Crippen molar-refractivity contribution < 1.29 is 0 Å². The first-order chi connectivity index (χ1) is 7.61. The maximum absolute atomic E-state index is 5.60. The van der Waals surface area contributed by atoms with Crippen molar-refractivity contribution >= 4 is 15.9 Å². The van der Waals surface area contributed by atoms with E-state index >= 15 is 0 Å². The highest BCUT2D eigenvalue weighted by molar-refractivity contribution is 9.10. The molecule has 2 rings (SSSR count). The van der Waals surface area contributed by atoms with Crippen molar-refractivity contribution in [2.75, 3.05) is 0 Å². The molecule has 0 saturated carbocycles. The van der Waals surface area contributed by atoms with Crippen molar-refractivity contribution in [2.24, 2.45) is 5.73 Å². The van der Waals surface area contributed by atoms with E-state index in [1.807, 2.05) is 10.9 Å². The second kappa shape index (κ2) is 4.39. The minimum Gasteiger partial charge on any atom is -0.325 e. The molecule has 0 unspecified atom stereocenters. The standard InChI is InChI=1S/C12H14BrN3/c1-8-3-4-9(2)12(5-8)16-7-10(13)11(6-14)15-16/h3-5,7H,6,14H2,1-2H3. The summed E-state index contributed by atoms with van der Waals surface area (Å²) in [4.78, 5) is 0. The normalized spacial score (nSPS) is 10.8. The van der Waals surface area contributed by atoms with Gasteiger partial charge in [0.15, 0.2) is 0 Å². The second-order valence-corrected chi connectivity index (χ2v) is 4.72. The minimum absolute atomic E-state index is 0.443. The maximum Gasteiger partial charge on any atom is 0.0906 e. The summed E-state index contributed by atoms with van der Waals surface area (Å²) in [6.45, 7) is 4.59. The summed E-state index contributed by atoms with van der Waals surface area (Å²) in [6, 6.07) is 6.32. The molecule has 3 nitrogen and oxygen atoms in total. The van der Waals surface area contributed by atoms with Crippen LogP contribution >= 0.6 is 15.9 Å². The molecule has 2 aromatic rings. The first-order valence-corrected chi connectivity index (χ1v) is 5.93.